The van der Waals surface area contributed by atoms with Crippen molar-refractivity contribution in [3.05, 3.63) is 48.0 Å². The highest BCUT2D eigenvalue weighted by molar-refractivity contribution is 7.80. The Morgan fingerprint density at radius 1 is 0.871 bits per heavy atom. The van der Waals surface area contributed by atoms with Gasteiger partial charge in [0.15, 0.2) is 5.11 Å². The molecular formula is C25H37N3O2S. The van der Waals surface area contributed by atoms with Crippen LogP contribution in [-0.4, -0.2) is 36.3 Å². The van der Waals surface area contributed by atoms with Gasteiger partial charge in [0.2, 0.25) is 0 Å². The summed E-state index contributed by atoms with van der Waals surface area (Å²) in [7, 11) is 0. The van der Waals surface area contributed by atoms with Crippen LogP contribution in [0.3, 0.4) is 0 Å². The summed E-state index contributed by atoms with van der Waals surface area (Å²) in [5.41, 5.74) is 3.02. The van der Waals surface area contributed by atoms with Crippen LogP contribution in [0.5, 0.6) is 11.5 Å². The van der Waals surface area contributed by atoms with Crippen LogP contribution in [0.4, 0.5) is 11.4 Å². The molecule has 0 saturated carbocycles. The summed E-state index contributed by atoms with van der Waals surface area (Å²) in [6.07, 6.45) is 3.48. The molecule has 0 unspecified atom stereocenters. The third-order valence-electron chi connectivity index (χ3n) is 5.04. The summed E-state index contributed by atoms with van der Waals surface area (Å²) in [5.74, 6) is 1.81. The van der Waals surface area contributed by atoms with Crippen LogP contribution in [0.1, 0.15) is 52.5 Å². The molecule has 0 spiro atoms. The van der Waals surface area contributed by atoms with Gasteiger partial charge < -0.3 is 20.1 Å². The standard InChI is InChI=1S/C25H37N3O2S/c1-5-9-10-17-30-23-14-11-21(12-15-23)26-25(31)27-22-13-16-24(29-8-4)20(18-22)19-28(6-2)7-3/h11-16,18H,5-10,17,19H2,1-4H3,(H2,26,27,31). The van der Waals surface area contributed by atoms with Gasteiger partial charge in [-0.3, -0.25) is 4.90 Å². The molecule has 2 N–H and O–H groups in total. The third kappa shape index (κ3) is 8.75. The van der Waals surface area contributed by atoms with Gasteiger partial charge in [0.05, 0.1) is 13.2 Å². The number of nitrogens with one attached hydrogen (secondary N) is 2. The predicted octanol–water partition coefficient (Wildman–Crippen LogP) is 6.31. The fraction of sp³-hybridized carbons (Fsp3) is 0.480. The van der Waals surface area contributed by atoms with Crippen LogP contribution in [0.15, 0.2) is 42.5 Å². The van der Waals surface area contributed by atoms with E-state index in [1.54, 1.807) is 0 Å². The molecule has 0 aromatic heterocycles. The maximum atomic E-state index is 5.82. The molecule has 2 rings (SSSR count). The zero-order chi connectivity index (χ0) is 22.5. The molecule has 0 heterocycles. The average Bonchev–Trinajstić information content (AvgIpc) is 2.77. The number of rotatable bonds is 13. The van der Waals surface area contributed by atoms with E-state index in [0.29, 0.717) is 11.7 Å². The van der Waals surface area contributed by atoms with Crippen molar-refractivity contribution in [3.8, 4) is 11.5 Å². The smallest absolute Gasteiger partial charge is 0.175 e. The molecule has 2 aromatic carbocycles. The largest absolute Gasteiger partial charge is 0.494 e. The van der Waals surface area contributed by atoms with Crippen molar-refractivity contribution in [2.24, 2.45) is 0 Å². The van der Waals surface area contributed by atoms with E-state index in [-0.39, 0.29) is 0 Å². The Morgan fingerprint density at radius 2 is 1.55 bits per heavy atom. The quantitative estimate of drug-likeness (QED) is 0.280. The van der Waals surface area contributed by atoms with Crippen molar-refractivity contribution >= 4 is 28.7 Å². The summed E-state index contributed by atoms with van der Waals surface area (Å²) in [6, 6.07) is 14.0. The van der Waals surface area contributed by atoms with E-state index >= 15 is 0 Å². The third-order valence-corrected chi connectivity index (χ3v) is 5.24. The lowest BCUT2D eigenvalue weighted by Crippen LogP contribution is -2.23. The van der Waals surface area contributed by atoms with E-state index in [1.807, 2.05) is 43.3 Å². The molecule has 0 atom stereocenters. The first-order chi connectivity index (χ1) is 15.1. The highest BCUT2D eigenvalue weighted by atomic mass is 32.1. The van der Waals surface area contributed by atoms with Gasteiger partial charge in [-0.25, -0.2) is 0 Å². The number of unbranched alkanes of at least 4 members (excludes halogenated alkanes) is 2. The molecule has 170 valence electrons. The normalized spacial score (nSPS) is 10.7. The molecule has 31 heavy (non-hydrogen) atoms. The Bertz CT molecular complexity index is 792. The highest BCUT2D eigenvalue weighted by Gasteiger charge is 2.10. The molecule has 0 amide bonds. The van der Waals surface area contributed by atoms with Crippen molar-refractivity contribution in [2.75, 3.05) is 36.9 Å². The molecule has 0 bridgehead atoms. The minimum Gasteiger partial charge on any atom is -0.494 e. The maximum absolute atomic E-state index is 5.82. The molecule has 2 aromatic rings. The number of anilines is 2. The topological polar surface area (TPSA) is 45.8 Å². The van der Waals surface area contributed by atoms with E-state index in [0.717, 1.165) is 61.1 Å². The summed E-state index contributed by atoms with van der Waals surface area (Å²) in [6.45, 7) is 12.8. The number of hydrogen-bond acceptors (Lipinski definition) is 4. The molecule has 0 saturated heterocycles. The van der Waals surface area contributed by atoms with Crippen molar-refractivity contribution in [1.29, 1.82) is 0 Å². The van der Waals surface area contributed by atoms with Crippen LogP contribution in [-0.2, 0) is 6.54 Å². The molecule has 0 aliphatic rings. The summed E-state index contributed by atoms with van der Waals surface area (Å²) in [5, 5.41) is 7.08. The van der Waals surface area contributed by atoms with Crippen LogP contribution in [0.25, 0.3) is 0 Å². The van der Waals surface area contributed by atoms with Crippen molar-refractivity contribution in [2.45, 2.75) is 53.5 Å². The molecule has 6 heteroatoms. The van der Waals surface area contributed by atoms with Gasteiger partial charge in [-0.1, -0.05) is 33.6 Å². The van der Waals surface area contributed by atoms with Crippen molar-refractivity contribution in [3.63, 3.8) is 0 Å². The number of thiocarbonyl (C=S) groups is 1. The Morgan fingerprint density at radius 3 is 2.19 bits per heavy atom. The Hall–Kier alpha value is -2.31. The van der Waals surface area contributed by atoms with Crippen LogP contribution in [0.2, 0.25) is 0 Å². The summed E-state index contributed by atoms with van der Waals surface area (Å²) in [4.78, 5) is 2.37. The predicted molar refractivity (Wildman–Crippen MR) is 136 cm³/mol. The van der Waals surface area contributed by atoms with Crippen molar-refractivity contribution < 1.29 is 9.47 Å². The molecule has 5 nitrogen and oxygen atoms in total. The minimum atomic E-state index is 0.551. The molecule has 0 aliphatic heterocycles. The SMILES string of the molecule is CCCCCOc1ccc(NC(=S)Nc2ccc(OCC)c(CN(CC)CC)c2)cc1. The van der Waals surface area contributed by atoms with E-state index in [2.05, 4.69) is 42.4 Å². The number of ether oxygens (including phenoxy) is 2. The van der Waals surface area contributed by atoms with Gasteiger partial charge in [-0.05, 0) is 81.1 Å². The van der Waals surface area contributed by atoms with Crippen LogP contribution < -0.4 is 20.1 Å². The average molecular weight is 444 g/mol. The molecule has 0 radical (unpaired) electrons. The number of benzene rings is 2. The van der Waals surface area contributed by atoms with Crippen LogP contribution >= 0.6 is 12.2 Å². The Labute approximate surface area is 193 Å². The molecular weight excluding hydrogens is 406 g/mol. The number of nitrogens with zero attached hydrogens (tertiary/aromatic N) is 1. The summed E-state index contributed by atoms with van der Waals surface area (Å²) < 4.78 is 11.6. The fourth-order valence-electron chi connectivity index (χ4n) is 3.24. The van der Waals surface area contributed by atoms with Gasteiger partial charge in [0.1, 0.15) is 11.5 Å². The Balaban J connectivity index is 1.96. The summed E-state index contributed by atoms with van der Waals surface area (Å²) >= 11 is 5.52. The van der Waals surface area contributed by atoms with Gasteiger partial charge in [-0.2, -0.15) is 0 Å². The van der Waals surface area contributed by atoms with E-state index in [1.165, 1.54) is 12.8 Å². The molecule has 0 fully saturated rings. The second-order valence-electron chi connectivity index (χ2n) is 7.38. The second-order valence-corrected chi connectivity index (χ2v) is 7.78. The highest BCUT2D eigenvalue weighted by Crippen LogP contribution is 2.25. The van der Waals surface area contributed by atoms with E-state index in [9.17, 15) is 0 Å². The first-order valence-corrected chi connectivity index (χ1v) is 11.8. The zero-order valence-corrected chi connectivity index (χ0v) is 20.2. The van der Waals surface area contributed by atoms with E-state index in [4.69, 9.17) is 21.7 Å². The first-order valence-electron chi connectivity index (χ1n) is 11.4. The first kappa shape index (κ1) is 25.0. The van der Waals surface area contributed by atoms with Crippen molar-refractivity contribution in [1.82, 2.24) is 4.90 Å². The van der Waals surface area contributed by atoms with Gasteiger partial charge in [0.25, 0.3) is 0 Å². The Kier molecular flexibility index (Phi) is 11.2. The van der Waals surface area contributed by atoms with Crippen LogP contribution in [0, 0.1) is 0 Å². The lowest BCUT2D eigenvalue weighted by atomic mass is 10.1. The maximum Gasteiger partial charge on any atom is 0.175 e. The zero-order valence-electron chi connectivity index (χ0n) is 19.4. The lowest BCUT2D eigenvalue weighted by molar-refractivity contribution is 0.282. The fourth-order valence-corrected chi connectivity index (χ4v) is 3.47. The molecule has 0 aliphatic carbocycles. The van der Waals surface area contributed by atoms with E-state index < -0.39 is 0 Å². The minimum absolute atomic E-state index is 0.551. The number of hydrogen-bond donors (Lipinski definition) is 2. The monoisotopic (exact) mass is 443 g/mol. The lowest BCUT2D eigenvalue weighted by Gasteiger charge is -2.21. The van der Waals surface area contributed by atoms with Gasteiger partial charge in [0, 0.05) is 23.5 Å². The van der Waals surface area contributed by atoms with Gasteiger partial charge in [-0.15, -0.1) is 0 Å². The van der Waals surface area contributed by atoms with Gasteiger partial charge >= 0.3 is 0 Å². The second kappa shape index (κ2) is 13.9.